The van der Waals surface area contributed by atoms with Gasteiger partial charge in [-0.05, 0) is 192 Å². The first-order valence-corrected chi connectivity index (χ1v) is 40.9. The molecule has 0 atom stereocenters. The van der Waals surface area contributed by atoms with E-state index in [0.717, 1.165) is 0 Å². The first-order chi connectivity index (χ1) is 56.4. The van der Waals surface area contributed by atoms with Gasteiger partial charge in [0, 0.05) is 21.6 Å². The lowest BCUT2D eigenvalue weighted by Crippen LogP contribution is -2.33. The molecule has 9 aliphatic rings. The van der Waals surface area contributed by atoms with Crippen LogP contribution in [0.25, 0.3) is 105 Å². The molecular formula is C113H81N. The van der Waals surface area contributed by atoms with Crippen molar-refractivity contribution in [2.75, 3.05) is 0 Å². The number of hydrogen-bond acceptors (Lipinski definition) is 0. The number of aromatic nitrogens is 1. The Hall–Kier alpha value is -13.5. The largest absolute Gasteiger partial charge is 0.309 e. The van der Waals surface area contributed by atoms with Crippen LogP contribution in [0.5, 0.6) is 0 Å². The first-order valence-electron chi connectivity index (χ1n) is 40.9. The molecule has 1 saturated carbocycles. The Morgan fingerprint density at radius 2 is 0.395 bits per heavy atom. The highest BCUT2D eigenvalue weighted by Crippen LogP contribution is 2.66. The third kappa shape index (κ3) is 8.85. The number of hydrogen-bond donors (Lipinski definition) is 0. The van der Waals surface area contributed by atoms with Crippen LogP contribution in [-0.4, -0.2) is 4.57 Å². The standard InChI is InChI=1S/C31H19N.2C25H16.C17H16.C15H14/c1-4-14-24-20(10-1)21-11-2-5-15-25(21)31(24)26-16-6-8-19-29(26)32-28-18-7-3-12-22(28)23-13-9-17-27(31)30(23)32;2*1-5-13-21-17(9-1)18-10-2-6-14-22(18)25(21)23-15-7-3-11-19(23)20-12-4-8-16-24(20)25;1-3-9-15-13(7-1)14-8-2-4-10-16(14)17(15)11-5-6-12-17;1-15(2)13-9-5-3-7-11(13)12-8-4-6-10-14(12)15/h1-19H;2*1-16H;1-4,7-10H,5-6,11-12H2;3-10H,1-2H3. The van der Waals surface area contributed by atoms with Crippen molar-refractivity contribution in [3.63, 3.8) is 0 Å². The Kier molecular flexibility index (Phi) is 14.7. The molecular weight excluding hydrogens is 1370 g/mol. The van der Waals surface area contributed by atoms with Gasteiger partial charge in [0.15, 0.2) is 0 Å². The summed E-state index contributed by atoms with van der Waals surface area (Å²) in [4.78, 5) is 0. The normalized spacial score (nSPS) is 15.5. The summed E-state index contributed by atoms with van der Waals surface area (Å²) in [6.45, 7) is 4.61. The Labute approximate surface area is 667 Å². The number of para-hydroxylation sites is 3. The average molecular weight is 1450 g/mol. The smallest absolute Gasteiger partial charge is 0.0754 e. The number of rotatable bonds is 0. The zero-order valence-corrected chi connectivity index (χ0v) is 64.0. The van der Waals surface area contributed by atoms with E-state index < -0.39 is 0 Å². The van der Waals surface area contributed by atoms with Crippen molar-refractivity contribution in [2.24, 2.45) is 0 Å². The number of benzene rings is 17. The van der Waals surface area contributed by atoms with Gasteiger partial charge >= 0.3 is 0 Å². The second-order valence-corrected chi connectivity index (χ2v) is 32.9. The SMILES string of the molecule is CC1(C)c2ccccc2-c2ccccc21.c1ccc2c(c1)-c1ccccc1C21CCCC1.c1ccc2c(c1)-c1ccccc1C21c2ccccc2-c2ccccc21.c1ccc2c(c1)-c1ccccc1C21c2ccccc2-c2ccccc21.c1ccc2c(c1)-c1ccccc1C21c2ccccc2-n2c3ccccc3c3cccc1c32. The van der Waals surface area contributed by atoms with E-state index in [4.69, 9.17) is 0 Å². The minimum absolute atomic E-state index is 0.160. The molecule has 0 amide bonds. The quantitative estimate of drug-likeness (QED) is 0.143. The van der Waals surface area contributed by atoms with Crippen LogP contribution in [0.1, 0.15) is 129 Å². The minimum atomic E-state index is -0.312. The number of fused-ring (bicyclic) bond motifs is 40. The van der Waals surface area contributed by atoms with Crippen molar-refractivity contribution in [1.29, 1.82) is 0 Å². The Balaban J connectivity index is 0.0000000866. The van der Waals surface area contributed by atoms with Crippen molar-refractivity contribution in [3.05, 3.63) is 495 Å². The van der Waals surface area contributed by atoms with Gasteiger partial charge in [-0.25, -0.2) is 0 Å². The summed E-state index contributed by atoms with van der Waals surface area (Å²) in [5.74, 6) is 0. The van der Waals surface area contributed by atoms with Crippen LogP contribution in [-0.2, 0) is 27.1 Å². The second kappa shape index (κ2) is 25.3. The molecule has 1 fully saturated rings. The van der Waals surface area contributed by atoms with E-state index in [1.807, 2.05) is 0 Å². The van der Waals surface area contributed by atoms with E-state index in [-0.39, 0.29) is 21.7 Å². The van der Waals surface area contributed by atoms with E-state index in [2.05, 4.69) is 425 Å². The van der Waals surface area contributed by atoms with Gasteiger partial charge < -0.3 is 4.57 Å². The molecule has 18 aromatic rings. The fraction of sp³-hybridized carbons (Fsp3) is 0.0973. The summed E-state index contributed by atoms with van der Waals surface area (Å²) in [6.07, 6.45) is 5.42. The number of nitrogens with zero attached hydrogens (tertiary/aromatic N) is 1. The van der Waals surface area contributed by atoms with Gasteiger partial charge in [0.1, 0.15) is 0 Å². The molecule has 1 heteroatoms. The molecule has 2 heterocycles. The molecule has 1 nitrogen and oxygen atoms in total. The van der Waals surface area contributed by atoms with Crippen LogP contribution < -0.4 is 0 Å². The molecule has 0 bridgehead atoms. The first kappa shape index (κ1) is 66.3. The van der Waals surface area contributed by atoms with Gasteiger partial charge in [-0.1, -0.05) is 421 Å². The highest BCUT2D eigenvalue weighted by atomic mass is 15.0. The molecule has 4 spiro atoms. The summed E-state index contributed by atoms with van der Waals surface area (Å²) in [7, 11) is 0. The van der Waals surface area contributed by atoms with E-state index >= 15 is 0 Å². The summed E-state index contributed by atoms with van der Waals surface area (Å²) >= 11 is 0. The van der Waals surface area contributed by atoms with Gasteiger partial charge in [-0.3, -0.25) is 0 Å². The average Bonchev–Trinajstić information content (AvgIpc) is 1.55. The molecule has 0 radical (unpaired) electrons. The molecule has 1 aliphatic heterocycles. The lowest BCUT2D eigenvalue weighted by molar-refractivity contribution is 0.550. The molecule has 8 aliphatic carbocycles. The highest BCUT2D eigenvalue weighted by molar-refractivity contribution is 6.13. The van der Waals surface area contributed by atoms with E-state index in [1.165, 1.54) is 209 Å². The van der Waals surface area contributed by atoms with Gasteiger partial charge in [0.25, 0.3) is 0 Å². The lowest BCUT2D eigenvalue weighted by atomic mass is 9.65. The summed E-state index contributed by atoms with van der Waals surface area (Å²) in [6, 6.07) is 149. The molecule has 538 valence electrons. The highest BCUT2D eigenvalue weighted by Gasteiger charge is 2.55. The topological polar surface area (TPSA) is 4.93 Å². The van der Waals surface area contributed by atoms with Crippen LogP contribution in [0.4, 0.5) is 0 Å². The Bertz CT molecular complexity index is 6300. The lowest BCUT2D eigenvalue weighted by Gasteiger charge is -2.39. The Morgan fingerprint density at radius 3 is 0.711 bits per heavy atom. The summed E-state index contributed by atoms with van der Waals surface area (Å²) < 4.78 is 2.49. The fourth-order valence-electron chi connectivity index (χ4n) is 23.2. The van der Waals surface area contributed by atoms with Gasteiger partial charge in [-0.2, -0.15) is 0 Å². The van der Waals surface area contributed by atoms with E-state index in [9.17, 15) is 0 Å². The predicted octanol–water partition coefficient (Wildman–Crippen LogP) is 28.0. The maximum Gasteiger partial charge on any atom is 0.0754 e. The molecule has 114 heavy (non-hydrogen) atoms. The molecule has 0 saturated heterocycles. The molecule has 0 unspecified atom stereocenters. The molecule has 17 aromatic carbocycles. The van der Waals surface area contributed by atoms with Crippen LogP contribution >= 0.6 is 0 Å². The van der Waals surface area contributed by atoms with E-state index in [1.54, 1.807) is 11.1 Å². The maximum absolute atomic E-state index is 2.49. The van der Waals surface area contributed by atoms with Crippen molar-refractivity contribution in [1.82, 2.24) is 4.57 Å². The van der Waals surface area contributed by atoms with Gasteiger partial charge in [0.05, 0.1) is 33.0 Å². The molecule has 27 rings (SSSR count). The summed E-state index contributed by atoms with van der Waals surface area (Å²) in [5.41, 5.74) is 46.0. The second-order valence-electron chi connectivity index (χ2n) is 32.9. The van der Waals surface area contributed by atoms with Gasteiger partial charge in [0.2, 0.25) is 0 Å². The Morgan fingerprint density at radius 1 is 0.184 bits per heavy atom. The third-order valence-corrected chi connectivity index (χ3v) is 27.5. The van der Waals surface area contributed by atoms with Crippen LogP contribution in [0.2, 0.25) is 0 Å². The van der Waals surface area contributed by atoms with Crippen molar-refractivity contribution in [2.45, 2.75) is 66.6 Å². The van der Waals surface area contributed by atoms with Crippen LogP contribution in [0, 0.1) is 0 Å². The van der Waals surface area contributed by atoms with Crippen LogP contribution in [0.3, 0.4) is 0 Å². The monoisotopic (exact) mass is 1450 g/mol. The maximum atomic E-state index is 2.49. The zero-order valence-electron chi connectivity index (χ0n) is 64.0. The van der Waals surface area contributed by atoms with Crippen molar-refractivity contribution < 1.29 is 0 Å². The van der Waals surface area contributed by atoms with Crippen molar-refractivity contribution in [3.8, 4) is 83.6 Å². The molecule has 0 N–H and O–H groups in total. The zero-order chi connectivity index (χ0) is 75.5. The van der Waals surface area contributed by atoms with Crippen molar-refractivity contribution >= 4 is 21.8 Å². The van der Waals surface area contributed by atoms with Crippen LogP contribution in [0.15, 0.2) is 406 Å². The molecule has 1 aromatic heterocycles. The predicted molar refractivity (Wildman–Crippen MR) is 472 cm³/mol. The minimum Gasteiger partial charge on any atom is -0.309 e. The van der Waals surface area contributed by atoms with E-state index in [0.29, 0.717) is 5.41 Å². The van der Waals surface area contributed by atoms with Gasteiger partial charge in [-0.15, -0.1) is 0 Å². The fourth-order valence-corrected chi connectivity index (χ4v) is 23.2. The summed E-state index contributed by atoms with van der Waals surface area (Å²) in [5, 5.41) is 2.64. The third-order valence-electron chi connectivity index (χ3n) is 27.5.